The molecule has 1 unspecified atom stereocenters. The third-order valence-corrected chi connectivity index (χ3v) is 4.20. The molecule has 0 saturated carbocycles. The zero-order valence-corrected chi connectivity index (χ0v) is 14.5. The Morgan fingerprint density at radius 1 is 1.30 bits per heavy atom. The second-order valence-electron chi connectivity index (χ2n) is 4.70. The Hall–Kier alpha value is -0.770. The fraction of sp³-hybridized carbons (Fsp3) is 0.267. The lowest BCUT2D eigenvalue weighted by molar-refractivity contribution is 0.0991. The number of hydrogen-bond donors (Lipinski definition) is 0. The van der Waals surface area contributed by atoms with Gasteiger partial charge in [0.1, 0.15) is 0 Å². The Kier molecular flexibility index (Phi) is 4.62. The quantitative estimate of drug-likeness (QED) is 0.526. The van der Waals surface area contributed by atoms with E-state index in [0.717, 1.165) is 21.5 Å². The number of alkyl halides is 1. The van der Waals surface area contributed by atoms with Crippen LogP contribution >= 0.6 is 39.1 Å². The minimum atomic E-state index is -0.538. The number of benzene rings is 1. The number of Topliss-reactive ketones (excluding diaryl/α,β-unsaturated/α-hetero) is 1. The van der Waals surface area contributed by atoms with Gasteiger partial charge in [-0.3, -0.25) is 4.79 Å². The molecule has 1 aromatic heterocycles. The average Bonchev–Trinajstić information content (AvgIpc) is 2.65. The summed E-state index contributed by atoms with van der Waals surface area (Å²) in [5.74, 6) is -0.0701. The summed E-state index contributed by atoms with van der Waals surface area (Å²) in [6.07, 6.45) is 0. The second kappa shape index (κ2) is 5.92. The fourth-order valence-corrected chi connectivity index (χ4v) is 3.14. The van der Waals surface area contributed by atoms with E-state index in [4.69, 9.17) is 23.2 Å². The Morgan fingerprint density at radius 2 is 1.95 bits per heavy atom. The molecule has 2 rings (SSSR count). The maximum atomic E-state index is 12.1. The first kappa shape index (κ1) is 15.6. The Bertz CT molecular complexity index is 677. The van der Waals surface area contributed by atoms with Gasteiger partial charge in [-0.05, 0) is 45.0 Å². The van der Waals surface area contributed by atoms with Crippen LogP contribution in [-0.4, -0.2) is 15.7 Å². The molecule has 0 aliphatic carbocycles. The Labute approximate surface area is 136 Å². The lowest BCUT2D eigenvalue weighted by Crippen LogP contribution is -2.11. The van der Waals surface area contributed by atoms with E-state index in [2.05, 4.69) is 15.9 Å². The minimum Gasteiger partial charge on any atom is -0.316 e. The summed E-state index contributed by atoms with van der Waals surface area (Å²) in [5.41, 5.74) is 3.30. The predicted molar refractivity (Wildman–Crippen MR) is 87.6 cm³/mol. The largest absolute Gasteiger partial charge is 0.316 e. The van der Waals surface area contributed by atoms with Crippen molar-refractivity contribution in [3.05, 3.63) is 50.7 Å². The highest BCUT2D eigenvalue weighted by Crippen LogP contribution is 2.29. The van der Waals surface area contributed by atoms with Crippen molar-refractivity contribution in [3.63, 3.8) is 0 Å². The number of carbonyl (C=O) groups is 1. The van der Waals surface area contributed by atoms with Gasteiger partial charge in [-0.1, -0.05) is 27.5 Å². The number of hydrogen-bond acceptors (Lipinski definition) is 1. The lowest BCUT2D eigenvalue weighted by Gasteiger charge is -2.12. The molecule has 0 radical (unpaired) electrons. The lowest BCUT2D eigenvalue weighted by atomic mass is 10.1. The van der Waals surface area contributed by atoms with Crippen LogP contribution in [0.5, 0.6) is 0 Å². The van der Waals surface area contributed by atoms with Gasteiger partial charge in [0.25, 0.3) is 0 Å². The summed E-state index contributed by atoms with van der Waals surface area (Å²) in [6, 6.07) is 7.53. The summed E-state index contributed by atoms with van der Waals surface area (Å²) in [5, 5.41) is 0.0865. The highest BCUT2D eigenvalue weighted by Gasteiger charge is 2.20. The summed E-state index contributed by atoms with van der Waals surface area (Å²) in [6.45, 7) is 5.53. The monoisotopic (exact) mass is 373 g/mol. The molecule has 1 aromatic carbocycles. The highest BCUT2D eigenvalue weighted by molar-refractivity contribution is 9.10. The predicted octanol–water partition coefficient (Wildman–Crippen LogP) is 5.32. The van der Waals surface area contributed by atoms with Crippen molar-refractivity contribution in [1.29, 1.82) is 0 Å². The van der Waals surface area contributed by atoms with Crippen molar-refractivity contribution in [2.75, 3.05) is 0 Å². The molecule has 2 aromatic rings. The van der Waals surface area contributed by atoms with Crippen molar-refractivity contribution in [2.24, 2.45) is 0 Å². The van der Waals surface area contributed by atoms with Crippen LogP contribution in [0.2, 0.25) is 5.02 Å². The summed E-state index contributed by atoms with van der Waals surface area (Å²) in [7, 11) is 0. The van der Waals surface area contributed by atoms with Crippen LogP contribution in [-0.2, 0) is 0 Å². The van der Waals surface area contributed by atoms with Gasteiger partial charge < -0.3 is 4.57 Å². The van der Waals surface area contributed by atoms with E-state index in [1.165, 1.54) is 0 Å². The Morgan fingerprint density at radius 3 is 2.50 bits per heavy atom. The summed E-state index contributed by atoms with van der Waals surface area (Å²) < 4.78 is 2.89. The molecule has 0 aliphatic rings. The van der Waals surface area contributed by atoms with Gasteiger partial charge in [-0.15, -0.1) is 11.6 Å². The first-order valence-electron chi connectivity index (χ1n) is 6.15. The third kappa shape index (κ3) is 2.80. The average molecular weight is 375 g/mol. The number of carbonyl (C=O) groups excluding carboxylic acids is 1. The molecular formula is C15H14BrCl2NO. The zero-order valence-electron chi connectivity index (χ0n) is 11.4. The van der Waals surface area contributed by atoms with Crippen LogP contribution in [0.3, 0.4) is 0 Å². The molecule has 0 bridgehead atoms. The number of nitrogens with zero attached hydrogens (tertiary/aromatic N) is 1. The minimum absolute atomic E-state index is 0.0701. The van der Waals surface area contributed by atoms with Gasteiger partial charge in [0.05, 0.1) is 16.1 Å². The maximum absolute atomic E-state index is 12.1. The van der Waals surface area contributed by atoms with E-state index in [1.54, 1.807) is 6.92 Å². The highest BCUT2D eigenvalue weighted by atomic mass is 79.9. The van der Waals surface area contributed by atoms with E-state index < -0.39 is 5.38 Å². The number of halogens is 3. The third-order valence-electron chi connectivity index (χ3n) is 3.21. The molecule has 106 valence electrons. The number of aromatic nitrogens is 1. The summed E-state index contributed by atoms with van der Waals surface area (Å²) >= 11 is 15.6. The molecular weight excluding hydrogens is 361 g/mol. The molecule has 0 fully saturated rings. The molecule has 0 amide bonds. The zero-order chi connectivity index (χ0) is 15.0. The van der Waals surface area contributed by atoms with Gasteiger partial charge in [0.15, 0.2) is 5.78 Å². The fourth-order valence-electron chi connectivity index (χ4n) is 2.26. The van der Waals surface area contributed by atoms with Crippen molar-refractivity contribution in [3.8, 4) is 5.69 Å². The van der Waals surface area contributed by atoms with E-state index in [0.29, 0.717) is 10.6 Å². The van der Waals surface area contributed by atoms with Crippen LogP contribution < -0.4 is 0 Å². The number of aryl methyl sites for hydroxylation is 1. The van der Waals surface area contributed by atoms with E-state index in [9.17, 15) is 4.79 Å². The van der Waals surface area contributed by atoms with Crippen molar-refractivity contribution in [1.82, 2.24) is 4.57 Å². The molecule has 0 spiro atoms. The van der Waals surface area contributed by atoms with Gasteiger partial charge in [-0.2, -0.15) is 0 Å². The van der Waals surface area contributed by atoms with E-state index in [-0.39, 0.29) is 5.78 Å². The molecule has 0 saturated heterocycles. The van der Waals surface area contributed by atoms with Crippen LogP contribution in [0.25, 0.3) is 5.69 Å². The van der Waals surface area contributed by atoms with E-state index >= 15 is 0 Å². The second-order valence-corrected chi connectivity index (χ2v) is 6.67. The molecule has 2 nitrogen and oxygen atoms in total. The molecule has 5 heteroatoms. The van der Waals surface area contributed by atoms with Gasteiger partial charge in [0, 0.05) is 21.4 Å². The van der Waals surface area contributed by atoms with Crippen LogP contribution in [0.4, 0.5) is 0 Å². The van der Waals surface area contributed by atoms with Crippen LogP contribution in [0.1, 0.15) is 28.7 Å². The molecule has 20 heavy (non-hydrogen) atoms. The van der Waals surface area contributed by atoms with Crippen molar-refractivity contribution < 1.29 is 4.79 Å². The SMILES string of the molecule is Cc1cc(C(=O)C(C)Cl)c(C)n1-c1ccc(Br)cc1Cl. The summed E-state index contributed by atoms with van der Waals surface area (Å²) in [4.78, 5) is 12.1. The van der Waals surface area contributed by atoms with Crippen molar-refractivity contribution in [2.45, 2.75) is 26.1 Å². The first-order valence-corrected chi connectivity index (χ1v) is 7.76. The molecule has 0 aliphatic heterocycles. The maximum Gasteiger partial charge on any atom is 0.182 e. The topological polar surface area (TPSA) is 22.0 Å². The molecule has 0 N–H and O–H groups in total. The van der Waals surface area contributed by atoms with Gasteiger partial charge in [0.2, 0.25) is 0 Å². The smallest absolute Gasteiger partial charge is 0.182 e. The Balaban J connectivity index is 2.61. The van der Waals surface area contributed by atoms with Crippen LogP contribution in [0.15, 0.2) is 28.7 Å². The normalized spacial score (nSPS) is 12.5. The molecule has 1 atom stereocenters. The van der Waals surface area contributed by atoms with Gasteiger partial charge in [-0.25, -0.2) is 0 Å². The molecule has 1 heterocycles. The van der Waals surface area contributed by atoms with Crippen LogP contribution in [0, 0.1) is 13.8 Å². The number of ketones is 1. The van der Waals surface area contributed by atoms with Gasteiger partial charge >= 0.3 is 0 Å². The standard InChI is InChI=1S/C15H14BrCl2NO/c1-8-6-12(15(20)9(2)17)10(3)19(8)14-5-4-11(16)7-13(14)18/h4-7,9H,1-3H3. The first-order chi connectivity index (χ1) is 9.32. The number of rotatable bonds is 3. The van der Waals surface area contributed by atoms with Crippen molar-refractivity contribution >= 4 is 44.9 Å². The van der Waals surface area contributed by atoms with E-state index in [1.807, 2.05) is 42.7 Å².